The number of nitrogens with one attached hydrogen (secondary N) is 1. The number of carboxylic acids is 1. The second-order valence-corrected chi connectivity index (χ2v) is 7.93. The van der Waals surface area contributed by atoms with E-state index in [2.05, 4.69) is 4.72 Å². The molecule has 1 aliphatic carbocycles. The van der Waals surface area contributed by atoms with Gasteiger partial charge in [0.1, 0.15) is 22.0 Å². The lowest BCUT2D eigenvalue weighted by atomic mass is 9.88. The maximum absolute atomic E-state index is 12.6. The molecule has 1 aliphatic rings. The first-order valence-corrected chi connectivity index (χ1v) is 8.40. The van der Waals surface area contributed by atoms with Crippen molar-refractivity contribution in [3.63, 3.8) is 0 Å². The van der Waals surface area contributed by atoms with E-state index in [9.17, 15) is 18.3 Å². The van der Waals surface area contributed by atoms with Crippen molar-refractivity contribution in [3.8, 4) is 0 Å². The van der Waals surface area contributed by atoms with E-state index in [1.807, 2.05) is 13.8 Å². The van der Waals surface area contributed by atoms with E-state index in [0.29, 0.717) is 0 Å². The van der Waals surface area contributed by atoms with Crippen molar-refractivity contribution < 1.29 is 22.7 Å². The minimum Gasteiger partial charge on any atom is -0.478 e. The summed E-state index contributed by atoms with van der Waals surface area (Å²) in [7, 11) is -3.92. The molecule has 0 radical (unpaired) electrons. The average Bonchev–Trinajstić information content (AvgIpc) is 2.79. The molecule has 0 amide bonds. The third kappa shape index (κ3) is 2.85. The van der Waals surface area contributed by atoms with Gasteiger partial charge in [0.05, 0.1) is 0 Å². The van der Waals surface area contributed by atoms with Gasteiger partial charge in [0.15, 0.2) is 0 Å². The van der Waals surface area contributed by atoms with Crippen molar-refractivity contribution in [2.75, 3.05) is 0 Å². The Labute approximate surface area is 124 Å². The number of carboxylic acid groups (broad SMARTS) is 1. The van der Waals surface area contributed by atoms with Crippen LogP contribution in [-0.4, -0.2) is 25.5 Å². The molecule has 21 heavy (non-hydrogen) atoms. The van der Waals surface area contributed by atoms with Crippen LogP contribution >= 0.6 is 0 Å². The molecule has 118 valence electrons. The summed E-state index contributed by atoms with van der Waals surface area (Å²) in [5.41, 5.74) is -0.417. The molecule has 6 nitrogen and oxygen atoms in total. The molecular formula is C14H21NO5S. The largest absolute Gasteiger partial charge is 0.478 e. The van der Waals surface area contributed by atoms with Crippen molar-refractivity contribution in [3.05, 3.63) is 17.1 Å². The molecule has 1 aromatic heterocycles. The Balaban J connectivity index is 2.44. The maximum atomic E-state index is 12.6. The topological polar surface area (TPSA) is 96.6 Å². The summed E-state index contributed by atoms with van der Waals surface area (Å²) in [5.74, 6) is -1.09. The molecular weight excluding hydrogens is 294 g/mol. The smallest absolute Gasteiger partial charge is 0.340 e. The van der Waals surface area contributed by atoms with Gasteiger partial charge in [0.25, 0.3) is 0 Å². The van der Waals surface area contributed by atoms with Gasteiger partial charge in [-0.25, -0.2) is 17.9 Å². The van der Waals surface area contributed by atoms with Crippen LogP contribution in [0.4, 0.5) is 0 Å². The normalized spacial score (nSPS) is 21.6. The van der Waals surface area contributed by atoms with Crippen LogP contribution in [0.5, 0.6) is 0 Å². The van der Waals surface area contributed by atoms with Crippen LogP contribution in [0.2, 0.25) is 0 Å². The van der Waals surface area contributed by atoms with E-state index >= 15 is 0 Å². The average molecular weight is 315 g/mol. The second-order valence-electron chi connectivity index (χ2n) is 6.28. The van der Waals surface area contributed by atoms with E-state index in [0.717, 1.165) is 19.3 Å². The lowest BCUT2D eigenvalue weighted by Crippen LogP contribution is -2.41. The molecule has 0 saturated heterocycles. The van der Waals surface area contributed by atoms with Crippen LogP contribution in [0.25, 0.3) is 0 Å². The fraction of sp³-hybridized carbons (Fsp3) is 0.643. The zero-order valence-corrected chi connectivity index (χ0v) is 13.5. The molecule has 0 spiro atoms. The molecule has 7 heteroatoms. The Hall–Kier alpha value is -1.34. The van der Waals surface area contributed by atoms with Crippen molar-refractivity contribution in [2.45, 2.75) is 57.9 Å². The number of hydrogen-bond acceptors (Lipinski definition) is 4. The zero-order valence-electron chi connectivity index (χ0n) is 12.7. The fourth-order valence-electron chi connectivity index (χ4n) is 3.03. The number of hydrogen-bond donors (Lipinski definition) is 2. The number of rotatable bonds is 4. The van der Waals surface area contributed by atoms with Gasteiger partial charge in [0, 0.05) is 6.04 Å². The highest BCUT2D eigenvalue weighted by Gasteiger charge is 2.39. The Morgan fingerprint density at radius 2 is 1.95 bits per heavy atom. The highest BCUT2D eigenvalue weighted by atomic mass is 32.2. The number of furan rings is 1. The van der Waals surface area contributed by atoms with Gasteiger partial charge in [-0.3, -0.25) is 0 Å². The lowest BCUT2D eigenvalue weighted by Gasteiger charge is -2.27. The first kappa shape index (κ1) is 16.0. The van der Waals surface area contributed by atoms with Crippen molar-refractivity contribution in [1.29, 1.82) is 0 Å². The summed E-state index contributed by atoms with van der Waals surface area (Å²) in [6, 6.07) is -0.196. The fourth-order valence-corrected chi connectivity index (χ4v) is 4.87. The number of aryl methyl sites for hydroxylation is 2. The number of carbonyl (C=O) groups is 1. The Morgan fingerprint density at radius 1 is 1.33 bits per heavy atom. The van der Waals surface area contributed by atoms with Crippen LogP contribution in [0, 0.1) is 19.3 Å². The summed E-state index contributed by atoms with van der Waals surface area (Å²) < 4.78 is 33.1. The molecule has 2 rings (SSSR count). The van der Waals surface area contributed by atoms with Gasteiger partial charge < -0.3 is 9.52 Å². The van der Waals surface area contributed by atoms with Gasteiger partial charge in [-0.1, -0.05) is 20.3 Å². The van der Waals surface area contributed by atoms with Crippen LogP contribution in [0.3, 0.4) is 0 Å². The van der Waals surface area contributed by atoms with E-state index in [1.54, 1.807) is 0 Å². The molecule has 0 bridgehead atoms. The Kier molecular flexibility index (Phi) is 3.92. The second kappa shape index (κ2) is 5.14. The SMILES string of the molecule is Cc1oc(C)c(S(=O)(=O)NC2CCCC2(C)C)c1C(=O)O. The number of sulfonamides is 1. The molecule has 1 fully saturated rings. The number of aromatic carboxylic acids is 1. The third-order valence-corrected chi connectivity index (χ3v) is 5.87. The lowest BCUT2D eigenvalue weighted by molar-refractivity contribution is 0.0691. The molecule has 1 saturated carbocycles. The Morgan fingerprint density at radius 3 is 2.43 bits per heavy atom. The van der Waals surface area contributed by atoms with E-state index in [-0.39, 0.29) is 33.4 Å². The molecule has 2 N–H and O–H groups in total. The minimum absolute atomic E-state index is 0.103. The van der Waals surface area contributed by atoms with E-state index < -0.39 is 16.0 Å². The highest BCUT2D eigenvalue weighted by molar-refractivity contribution is 7.89. The predicted molar refractivity (Wildman–Crippen MR) is 76.9 cm³/mol. The summed E-state index contributed by atoms with van der Waals surface area (Å²) in [6.45, 7) is 6.94. The molecule has 1 aromatic rings. The van der Waals surface area contributed by atoms with Gasteiger partial charge in [-0.15, -0.1) is 0 Å². The monoisotopic (exact) mass is 315 g/mol. The van der Waals surface area contributed by atoms with Crippen LogP contribution < -0.4 is 4.72 Å². The van der Waals surface area contributed by atoms with Crippen LogP contribution in [0.1, 0.15) is 55.0 Å². The maximum Gasteiger partial charge on any atom is 0.340 e. The van der Waals surface area contributed by atoms with E-state index in [1.165, 1.54) is 13.8 Å². The minimum atomic E-state index is -3.92. The molecule has 0 aromatic carbocycles. The first-order valence-electron chi connectivity index (χ1n) is 6.92. The standard InChI is InChI=1S/C14H21NO5S/c1-8-11(13(16)17)12(9(2)20-8)21(18,19)15-10-6-5-7-14(10,3)4/h10,15H,5-7H2,1-4H3,(H,16,17). The van der Waals surface area contributed by atoms with Gasteiger partial charge in [-0.2, -0.15) is 0 Å². The van der Waals surface area contributed by atoms with Crippen LogP contribution in [0.15, 0.2) is 9.31 Å². The molecule has 1 heterocycles. The summed E-state index contributed by atoms with van der Waals surface area (Å²) in [4.78, 5) is 11.1. The zero-order chi connectivity index (χ0) is 16.0. The van der Waals surface area contributed by atoms with Gasteiger partial charge in [0.2, 0.25) is 10.0 Å². The molecule has 0 aliphatic heterocycles. The third-order valence-electron chi connectivity index (χ3n) is 4.24. The summed E-state index contributed by atoms with van der Waals surface area (Å²) in [6.07, 6.45) is 2.65. The summed E-state index contributed by atoms with van der Waals surface area (Å²) >= 11 is 0. The van der Waals surface area contributed by atoms with Gasteiger partial charge >= 0.3 is 5.97 Å². The quantitative estimate of drug-likeness (QED) is 0.889. The first-order chi connectivity index (χ1) is 9.56. The molecule has 1 unspecified atom stereocenters. The highest BCUT2D eigenvalue weighted by Crippen LogP contribution is 2.38. The molecule has 1 atom stereocenters. The van der Waals surface area contributed by atoms with Crippen molar-refractivity contribution in [1.82, 2.24) is 4.72 Å². The Bertz CT molecular complexity index is 672. The van der Waals surface area contributed by atoms with Crippen LogP contribution in [-0.2, 0) is 10.0 Å². The summed E-state index contributed by atoms with van der Waals surface area (Å²) in [5, 5.41) is 9.23. The predicted octanol–water partition coefficient (Wildman–Crippen LogP) is 2.45. The van der Waals surface area contributed by atoms with Gasteiger partial charge in [-0.05, 0) is 32.1 Å². The van der Waals surface area contributed by atoms with E-state index in [4.69, 9.17) is 4.42 Å². The van der Waals surface area contributed by atoms with Crippen molar-refractivity contribution >= 4 is 16.0 Å². The van der Waals surface area contributed by atoms with Crippen molar-refractivity contribution in [2.24, 2.45) is 5.41 Å².